The number of ether oxygens (including phenoxy) is 1. The summed E-state index contributed by atoms with van der Waals surface area (Å²) < 4.78 is 6.21. The number of pyridine rings is 1. The first kappa shape index (κ1) is 24.6. The van der Waals surface area contributed by atoms with Crippen LogP contribution in [0.25, 0.3) is 10.9 Å². The molecular formula is C27H32N4O4. The van der Waals surface area contributed by atoms with Crippen molar-refractivity contribution in [3.8, 4) is 5.75 Å². The lowest BCUT2D eigenvalue weighted by Gasteiger charge is -2.38. The largest absolute Gasteiger partial charge is 0.486 e. The first-order valence-corrected chi connectivity index (χ1v) is 11.9. The highest BCUT2D eigenvalue weighted by atomic mass is 16.5. The maximum Gasteiger partial charge on any atom is 0.245 e. The molecule has 4 rings (SSSR count). The Morgan fingerprint density at radius 1 is 1.11 bits per heavy atom. The lowest BCUT2D eigenvalue weighted by Crippen LogP contribution is -2.56. The molecule has 1 aliphatic heterocycles. The Kier molecular flexibility index (Phi) is 7.63. The zero-order valence-corrected chi connectivity index (χ0v) is 20.1. The van der Waals surface area contributed by atoms with Crippen LogP contribution in [-0.4, -0.2) is 40.6 Å². The van der Waals surface area contributed by atoms with Crippen molar-refractivity contribution < 1.29 is 19.5 Å². The van der Waals surface area contributed by atoms with E-state index in [-0.39, 0.29) is 24.9 Å². The molecule has 0 spiro atoms. The standard InChI is InChI=1S/C27H32N4O4/c1-18-15-23(22-5-3-4-6-24(22)29-18)19(2)35-21-9-7-20(8-10-21)16-25(32)30-27(17-26(33)31-34)11-13-28-14-12-27/h3-10,15,19,28,34H,11-14,16-17H2,1-2H3,(H,30,32)(H,31,33). The third kappa shape index (κ3) is 6.15. The fourth-order valence-electron chi connectivity index (χ4n) is 4.75. The van der Waals surface area contributed by atoms with E-state index in [1.54, 1.807) is 5.48 Å². The molecule has 0 aliphatic carbocycles. The third-order valence-corrected chi connectivity index (χ3v) is 6.50. The van der Waals surface area contributed by atoms with Gasteiger partial charge in [0, 0.05) is 16.6 Å². The summed E-state index contributed by atoms with van der Waals surface area (Å²) in [6, 6.07) is 17.6. The van der Waals surface area contributed by atoms with Gasteiger partial charge in [-0.15, -0.1) is 0 Å². The SMILES string of the molecule is Cc1cc(C(C)Oc2ccc(CC(=O)NC3(CC(=O)NO)CCNCC3)cc2)c2ccccc2n1. The molecule has 0 bridgehead atoms. The van der Waals surface area contributed by atoms with Crippen molar-refractivity contribution in [1.82, 2.24) is 21.1 Å². The molecule has 8 nitrogen and oxygen atoms in total. The van der Waals surface area contributed by atoms with E-state index >= 15 is 0 Å². The number of benzene rings is 2. The van der Waals surface area contributed by atoms with E-state index in [0.717, 1.165) is 33.5 Å². The maximum atomic E-state index is 12.8. The molecule has 1 saturated heterocycles. The number of rotatable bonds is 8. The molecule has 1 atom stereocenters. The monoisotopic (exact) mass is 476 g/mol. The second kappa shape index (κ2) is 10.8. The van der Waals surface area contributed by atoms with Crippen molar-refractivity contribution in [1.29, 1.82) is 0 Å². The van der Waals surface area contributed by atoms with E-state index in [0.29, 0.717) is 25.9 Å². The van der Waals surface area contributed by atoms with Crippen LogP contribution in [0.2, 0.25) is 0 Å². The van der Waals surface area contributed by atoms with E-state index in [4.69, 9.17) is 9.94 Å². The van der Waals surface area contributed by atoms with Crippen LogP contribution >= 0.6 is 0 Å². The Balaban J connectivity index is 1.40. The van der Waals surface area contributed by atoms with Gasteiger partial charge in [0.15, 0.2) is 0 Å². The van der Waals surface area contributed by atoms with Crippen molar-refractivity contribution in [3.05, 3.63) is 71.4 Å². The molecule has 1 fully saturated rings. The maximum absolute atomic E-state index is 12.8. The Bertz CT molecular complexity index is 1190. The summed E-state index contributed by atoms with van der Waals surface area (Å²) in [6.07, 6.45) is 1.32. The molecule has 4 N–H and O–H groups in total. The molecule has 184 valence electrons. The number of para-hydroxylation sites is 1. The van der Waals surface area contributed by atoms with E-state index in [9.17, 15) is 9.59 Å². The summed E-state index contributed by atoms with van der Waals surface area (Å²) in [5.74, 6) is 0.0630. The molecule has 35 heavy (non-hydrogen) atoms. The number of carbonyl (C=O) groups excluding carboxylic acids is 2. The van der Waals surface area contributed by atoms with Gasteiger partial charge in [-0.25, -0.2) is 5.48 Å². The van der Waals surface area contributed by atoms with Gasteiger partial charge in [-0.1, -0.05) is 30.3 Å². The average molecular weight is 477 g/mol. The molecule has 2 aromatic carbocycles. The number of fused-ring (bicyclic) bond motifs is 1. The minimum Gasteiger partial charge on any atom is -0.486 e. The fraction of sp³-hybridized carbons (Fsp3) is 0.370. The first-order chi connectivity index (χ1) is 16.9. The molecule has 1 aliphatic rings. The van der Waals surface area contributed by atoms with Crippen LogP contribution in [-0.2, 0) is 16.0 Å². The Labute approximate surface area is 205 Å². The number of aromatic nitrogens is 1. The number of hydroxylamine groups is 1. The Hall–Kier alpha value is -3.49. The van der Waals surface area contributed by atoms with Gasteiger partial charge in [0.05, 0.1) is 23.9 Å². The van der Waals surface area contributed by atoms with Gasteiger partial charge in [-0.2, -0.15) is 0 Å². The number of aryl methyl sites for hydroxylation is 1. The van der Waals surface area contributed by atoms with Crippen LogP contribution in [0, 0.1) is 6.92 Å². The second-order valence-corrected chi connectivity index (χ2v) is 9.24. The van der Waals surface area contributed by atoms with Crippen LogP contribution in [0.15, 0.2) is 54.6 Å². The number of nitrogens with zero attached hydrogens (tertiary/aromatic N) is 1. The topological polar surface area (TPSA) is 113 Å². The molecule has 1 aromatic heterocycles. The summed E-state index contributed by atoms with van der Waals surface area (Å²) in [4.78, 5) is 29.2. The fourth-order valence-corrected chi connectivity index (χ4v) is 4.75. The predicted octanol–water partition coefficient (Wildman–Crippen LogP) is 3.36. The number of piperidine rings is 1. The predicted molar refractivity (Wildman–Crippen MR) is 133 cm³/mol. The van der Waals surface area contributed by atoms with Crippen molar-refractivity contribution in [2.75, 3.05) is 13.1 Å². The second-order valence-electron chi connectivity index (χ2n) is 9.24. The third-order valence-electron chi connectivity index (χ3n) is 6.50. The van der Waals surface area contributed by atoms with Gasteiger partial charge in [0.2, 0.25) is 11.8 Å². The zero-order valence-electron chi connectivity index (χ0n) is 20.1. The molecule has 2 heterocycles. The molecule has 1 unspecified atom stereocenters. The molecule has 0 radical (unpaired) electrons. The molecular weight excluding hydrogens is 444 g/mol. The summed E-state index contributed by atoms with van der Waals surface area (Å²) >= 11 is 0. The number of amides is 2. The lowest BCUT2D eigenvalue weighted by molar-refractivity contribution is -0.132. The van der Waals surface area contributed by atoms with Crippen LogP contribution in [0.5, 0.6) is 5.75 Å². The van der Waals surface area contributed by atoms with Crippen molar-refractivity contribution in [3.63, 3.8) is 0 Å². The summed E-state index contributed by atoms with van der Waals surface area (Å²) in [5, 5.41) is 16.3. The minimum atomic E-state index is -0.654. The first-order valence-electron chi connectivity index (χ1n) is 11.9. The van der Waals surface area contributed by atoms with Gasteiger partial charge < -0.3 is 15.4 Å². The van der Waals surface area contributed by atoms with Gasteiger partial charge in [0.1, 0.15) is 11.9 Å². The number of hydrogen-bond acceptors (Lipinski definition) is 6. The van der Waals surface area contributed by atoms with Crippen LogP contribution in [0.4, 0.5) is 0 Å². The molecule has 0 saturated carbocycles. The summed E-state index contributed by atoms with van der Waals surface area (Å²) in [7, 11) is 0. The molecule has 8 heteroatoms. The molecule has 3 aromatic rings. The van der Waals surface area contributed by atoms with Crippen LogP contribution < -0.4 is 20.9 Å². The van der Waals surface area contributed by atoms with Gasteiger partial charge in [-0.3, -0.25) is 19.8 Å². The number of carbonyl (C=O) groups is 2. The van der Waals surface area contributed by atoms with E-state index in [1.165, 1.54) is 0 Å². The van der Waals surface area contributed by atoms with E-state index < -0.39 is 11.4 Å². The number of nitrogens with one attached hydrogen (secondary N) is 3. The minimum absolute atomic E-state index is 0.0464. The van der Waals surface area contributed by atoms with Crippen LogP contribution in [0.1, 0.15) is 49.1 Å². The normalized spacial score (nSPS) is 15.9. The highest BCUT2D eigenvalue weighted by Gasteiger charge is 2.35. The summed E-state index contributed by atoms with van der Waals surface area (Å²) in [5.41, 5.74) is 4.84. The Morgan fingerprint density at radius 2 is 1.83 bits per heavy atom. The Morgan fingerprint density at radius 3 is 2.54 bits per heavy atom. The van der Waals surface area contributed by atoms with Crippen molar-refractivity contribution in [2.45, 2.75) is 51.2 Å². The van der Waals surface area contributed by atoms with Crippen molar-refractivity contribution >= 4 is 22.7 Å². The quantitative estimate of drug-likeness (QED) is 0.293. The van der Waals surface area contributed by atoms with Crippen molar-refractivity contribution in [2.24, 2.45) is 0 Å². The molecule has 2 amide bonds. The van der Waals surface area contributed by atoms with Gasteiger partial charge >= 0.3 is 0 Å². The van der Waals surface area contributed by atoms with Gasteiger partial charge in [-0.05, 0) is 69.6 Å². The van der Waals surface area contributed by atoms with Gasteiger partial charge in [0.25, 0.3) is 0 Å². The highest BCUT2D eigenvalue weighted by molar-refractivity contribution is 5.83. The number of hydrogen-bond donors (Lipinski definition) is 4. The zero-order chi connectivity index (χ0) is 24.8. The van der Waals surface area contributed by atoms with Crippen LogP contribution in [0.3, 0.4) is 0 Å². The smallest absolute Gasteiger partial charge is 0.245 e. The summed E-state index contributed by atoms with van der Waals surface area (Å²) in [6.45, 7) is 5.40. The van der Waals surface area contributed by atoms with E-state index in [2.05, 4.69) is 27.8 Å². The highest BCUT2D eigenvalue weighted by Crippen LogP contribution is 2.28. The lowest BCUT2D eigenvalue weighted by atomic mass is 9.84. The van der Waals surface area contributed by atoms with E-state index in [1.807, 2.05) is 56.3 Å². The average Bonchev–Trinajstić information content (AvgIpc) is 2.85.